The van der Waals surface area contributed by atoms with E-state index in [4.69, 9.17) is 4.74 Å². The standard InChI is InChI=1S/C23H19N3O2S2/c27-22(19-13-7-8-14-20(19)28-18-11-5-2-6-12-18)24-23-26-25-21(30-23)16-29-15-17-9-3-1-4-10-17/h1-14H,15-16H2,(H,24,26,27). The first-order valence-electron chi connectivity index (χ1n) is 9.35. The van der Waals surface area contributed by atoms with E-state index in [0.717, 1.165) is 16.5 Å². The summed E-state index contributed by atoms with van der Waals surface area (Å²) in [5.74, 6) is 2.54. The highest BCUT2D eigenvalue weighted by atomic mass is 32.2. The van der Waals surface area contributed by atoms with E-state index < -0.39 is 0 Å². The summed E-state index contributed by atoms with van der Waals surface area (Å²) >= 11 is 3.15. The van der Waals surface area contributed by atoms with E-state index in [1.165, 1.54) is 16.9 Å². The number of nitrogens with zero attached hydrogens (tertiary/aromatic N) is 2. The molecule has 0 atom stereocenters. The molecule has 7 heteroatoms. The Morgan fingerprint density at radius 2 is 1.57 bits per heavy atom. The minimum absolute atomic E-state index is 0.277. The second-order valence-electron chi connectivity index (χ2n) is 6.34. The van der Waals surface area contributed by atoms with Gasteiger partial charge in [-0.3, -0.25) is 10.1 Å². The second kappa shape index (κ2) is 10.0. The lowest BCUT2D eigenvalue weighted by molar-refractivity contribution is 0.102. The Labute approximate surface area is 183 Å². The average molecular weight is 434 g/mol. The lowest BCUT2D eigenvalue weighted by Gasteiger charge is -2.10. The fourth-order valence-electron chi connectivity index (χ4n) is 2.72. The zero-order valence-corrected chi connectivity index (χ0v) is 17.7. The molecule has 30 heavy (non-hydrogen) atoms. The number of carbonyl (C=O) groups excluding carboxylic acids is 1. The summed E-state index contributed by atoms with van der Waals surface area (Å²) in [5.41, 5.74) is 1.71. The molecule has 0 aliphatic rings. The molecular weight excluding hydrogens is 414 g/mol. The van der Waals surface area contributed by atoms with Crippen molar-refractivity contribution in [3.63, 3.8) is 0 Å². The normalized spacial score (nSPS) is 10.5. The van der Waals surface area contributed by atoms with E-state index in [0.29, 0.717) is 22.2 Å². The Kier molecular flexibility index (Phi) is 6.74. The number of rotatable bonds is 8. The van der Waals surface area contributed by atoms with Crippen LogP contribution >= 0.6 is 23.1 Å². The highest BCUT2D eigenvalue weighted by Gasteiger charge is 2.15. The highest BCUT2D eigenvalue weighted by Crippen LogP contribution is 2.27. The van der Waals surface area contributed by atoms with Gasteiger partial charge in [-0.05, 0) is 29.8 Å². The Morgan fingerprint density at radius 1 is 0.867 bits per heavy atom. The second-order valence-corrected chi connectivity index (χ2v) is 8.39. The number of amides is 1. The van der Waals surface area contributed by atoms with Crippen LogP contribution in [0.2, 0.25) is 0 Å². The molecule has 3 aromatic carbocycles. The van der Waals surface area contributed by atoms with Crippen molar-refractivity contribution in [2.75, 3.05) is 5.32 Å². The Hall–Kier alpha value is -3.16. The van der Waals surface area contributed by atoms with Crippen molar-refractivity contribution in [1.29, 1.82) is 0 Å². The number of anilines is 1. The molecule has 1 aromatic heterocycles. The summed E-state index contributed by atoms with van der Waals surface area (Å²) in [6, 6.07) is 26.8. The van der Waals surface area contributed by atoms with Gasteiger partial charge in [0.25, 0.3) is 5.91 Å². The molecule has 0 unspecified atom stereocenters. The van der Waals surface area contributed by atoms with Crippen molar-refractivity contribution in [2.24, 2.45) is 0 Å². The average Bonchev–Trinajstić information content (AvgIpc) is 3.22. The lowest BCUT2D eigenvalue weighted by Crippen LogP contribution is -2.12. The molecule has 0 radical (unpaired) electrons. The van der Waals surface area contributed by atoms with Crippen LogP contribution < -0.4 is 10.1 Å². The molecule has 1 N–H and O–H groups in total. The monoisotopic (exact) mass is 433 g/mol. The number of hydrogen-bond acceptors (Lipinski definition) is 6. The van der Waals surface area contributed by atoms with Crippen molar-refractivity contribution in [3.05, 3.63) is 101 Å². The topological polar surface area (TPSA) is 64.1 Å². The molecule has 0 aliphatic heterocycles. The predicted molar refractivity (Wildman–Crippen MR) is 122 cm³/mol. The number of benzene rings is 3. The van der Waals surface area contributed by atoms with Crippen LogP contribution in [0.15, 0.2) is 84.9 Å². The van der Waals surface area contributed by atoms with Crippen LogP contribution in [0.4, 0.5) is 5.13 Å². The van der Waals surface area contributed by atoms with E-state index >= 15 is 0 Å². The summed E-state index contributed by atoms with van der Waals surface area (Å²) in [6.07, 6.45) is 0. The maximum Gasteiger partial charge on any atom is 0.261 e. The number of ether oxygens (including phenoxy) is 1. The van der Waals surface area contributed by atoms with Crippen molar-refractivity contribution >= 4 is 34.1 Å². The minimum atomic E-state index is -0.277. The third-order valence-corrected chi connectivity index (χ3v) is 6.16. The third-order valence-electron chi connectivity index (χ3n) is 4.13. The molecular formula is C23H19N3O2S2. The van der Waals surface area contributed by atoms with Crippen LogP contribution in [0, 0.1) is 0 Å². The fraction of sp³-hybridized carbons (Fsp3) is 0.0870. The fourth-order valence-corrected chi connectivity index (χ4v) is 4.49. The van der Waals surface area contributed by atoms with Gasteiger partial charge in [0.1, 0.15) is 16.5 Å². The first kappa shape index (κ1) is 20.1. The number of aromatic nitrogens is 2. The number of hydrogen-bond donors (Lipinski definition) is 1. The summed E-state index contributed by atoms with van der Waals surface area (Å²) < 4.78 is 5.87. The van der Waals surface area contributed by atoms with Gasteiger partial charge < -0.3 is 4.74 Å². The number of nitrogens with one attached hydrogen (secondary N) is 1. The Balaban J connectivity index is 1.36. The van der Waals surface area contributed by atoms with Gasteiger partial charge in [0.15, 0.2) is 0 Å². The summed E-state index contributed by atoms with van der Waals surface area (Å²) in [5, 5.41) is 12.5. The van der Waals surface area contributed by atoms with Crippen molar-refractivity contribution in [3.8, 4) is 11.5 Å². The molecule has 0 aliphatic carbocycles. The lowest BCUT2D eigenvalue weighted by atomic mass is 10.2. The Bertz CT molecular complexity index is 1100. The van der Waals surface area contributed by atoms with Crippen molar-refractivity contribution < 1.29 is 9.53 Å². The van der Waals surface area contributed by atoms with Gasteiger partial charge in [0.05, 0.1) is 5.56 Å². The van der Waals surface area contributed by atoms with Crippen LogP contribution in [0.25, 0.3) is 0 Å². The summed E-state index contributed by atoms with van der Waals surface area (Å²) in [7, 11) is 0. The smallest absolute Gasteiger partial charge is 0.261 e. The molecule has 1 heterocycles. The maximum absolute atomic E-state index is 12.8. The van der Waals surface area contributed by atoms with E-state index in [1.54, 1.807) is 30.0 Å². The van der Waals surface area contributed by atoms with Gasteiger partial charge >= 0.3 is 0 Å². The van der Waals surface area contributed by atoms with Crippen LogP contribution in [0.3, 0.4) is 0 Å². The zero-order valence-electron chi connectivity index (χ0n) is 16.0. The first-order chi connectivity index (χ1) is 14.8. The quantitative estimate of drug-likeness (QED) is 0.368. The molecule has 0 bridgehead atoms. The molecule has 0 fully saturated rings. The van der Waals surface area contributed by atoms with Crippen LogP contribution in [-0.2, 0) is 11.5 Å². The van der Waals surface area contributed by atoms with Crippen LogP contribution in [0.1, 0.15) is 20.9 Å². The minimum Gasteiger partial charge on any atom is -0.457 e. The zero-order chi connectivity index (χ0) is 20.6. The van der Waals surface area contributed by atoms with E-state index in [9.17, 15) is 4.79 Å². The SMILES string of the molecule is O=C(Nc1nnc(CSCc2ccccc2)s1)c1ccccc1Oc1ccccc1. The Morgan fingerprint density at radius 3 is 2.37 bits per heavy atom. The molecule has 0 saturated heterocycles. The molecule has 0 saturated carbocycles. The number of thioether (sulfide) groups is 1. The van der Waals surface area contributed by atoms with Gasteiger partial charge in [-0.1, -0.05) is 72.0 Å². The van der Waals surface area contributed by atoms with Crippen LogP contribution in [-0.4, -0.2) is 16.1 Å². The maximum atomic E-state index is 12.8. The third kappa shape index (κ3) is 5.46. The molecule has 4 aromatic rings. The van der Waals surface area contributed by atoms with Gasteiger partial charge in [-0.15, -0.1) is 22.0 Å². The molecule has 1 amide bonds. The van der Waals surface area contributed by atoms with Gasteiger partial charge in [0, 0.05) is 11.5 Å². The van der Waals surface area contributed by atoms with E-state index in [2.05, 4.69) is 27.6 Å². The van der Waals surface area contributed by atoms with Gasteiger partial charge in [-0.25, -0.2) is 0 Å². The number of carbonyl (C=O) groups is 1. The van der Waals surface area contributed by atoms with Crippen LogP contribution in [0.5, 0.6) is 11.5 Å². The molecule has 150 valence electrons. The largest absolute Gasteiger partial charge is 0.457 e. The van der Waals surface area contributed by atoms with E-state index in [-0.39, 0.29) is 5.91 Å². The van der Waals surface area contributed by atoms with E-state index in [1.807, 2.05) is 54.6 Å². The van der Waals surface area contributed by atoms with Gasteiger partial charge in [-0.2, -0.15) is 0 Å². The van der Waals surface area contributed by atoms with Crippen molar-refractivity contribution in [2.45, 2.75) is 11.5 Å². The van der Waals surface area contributed by atoms with Crippen molar-refractivity contribution in [1.82, 2.24) is 10.2 Å². The summed E-state index contributed by atoms with van der Waals surface area (Å²) in [4.78, 5) is 12.8. The summed E-state index contributed by atoms with van der Waals surface area (Å²) in [6.45, 7) is 0. The molecule has 4 rings (SSSR count). The highest BCUT2D eigenvalue weighted by molar-refractivity contribution is 7.97. The molecule has 5 nitrogen and oxygen atoms in total. The van der Waals surface area contributed by atoms with Gasteiger partial charge in [0.2, 0.25) is 5.13 Å². The molecule has 0 spiro atoms. The predicted octanol–water partition coefficient (Wildman–Crippen LogP) is 6.02. The number of para-hydroxylation sites is 2. The first-order valence-corrected chi connectivity index (χ1v) is 11.3.